The molecule has 0 aliphatic carbocycles. The van der Waals surface area contributed by atoms with Crippen molar-refractivity contribution in [1.29, 1.82) is 0 Å². The molecule has 6 heterocycles. The van der Waals surface area contributed by atoms with Crippen molar-refractivity contribution in [1.82, 2.24) is 29.2 Å². The first-order chi connectivity index (χ1) is 20.5. The second kappa shape index (κ2) is 9.77. The molecule has 11 nitrogen and oxygen atoms in total. The number of pyridine rings is 1. The zero-order valence-electron chi connectivity index (χ0n) is 25.2. The summed E-state index contributed by atoms with van der Waals surface area (Å²) in [6, 6.07) is 9.98. The number of likely N-dealkylation sites (N-methyl/N-ethyl adjacent to an activating group) is 1. The van der Waals surface area contributed by atoms with Crippen molar-refractivity contribution < 1.29 is 9.53 Å². The maximum atomic E-state index is 13.7. The minimum absolute atomic E-state index is 0.0319. The highest BCUT2D eigenvalue weighted by molar-refractivity contribution is 5.97. The van der Waals surface area contributed by atoms with Crippen LogP contribution >= 0.6 is 0 Å². The molecule has 0 unspecified atom stereocenters. The van der Waals surface area contributed by atoms with Crippen LogP contribution < -0.4 is 20.5 Å². The lowest BCUT2D eigenvalue weighted by atomic mass is 9.78. The van der Waals surface area contributed by atoms with Gasteiger partial charge in [0, 0.05) is 36.9 Å². The van der Waals surface area contributed by atoms with E-state index in [2.05, 4.69) is 74.2 Å². The summed E-state index contributed by atoms with van der Waals surface area (Å²) in [4.78, 5) is 44.9. The van der Waals surface area contributed by atoms with Crippen LogP contribution in [0.4, 0.5) is 17.5 Å². The molecule has 4 aromatic rings. The van der Waals surface area contributed by atoms with Crippen molar-refractivity contribution in [3.63, 3.8) is 0 Å². The molecule has 43 heavy (non-hydrogen) atoms. The van der Waals surface area contributed by atoms with E-state index in [-0.39, 0.29) is 28.9 Å². The number of carbonyl (C=O) groups is 1. The van der Waals surface area contributed by atoms with Crippen LogP contribution in [-0.2, 0) is 23.3 Å². The van der Waals surface area contributed by atoms with Gasteiger partial charge in [0.1, 0.15) is 5.39 Å². The molecule has 1 aromatic carbocycles. The van der Waals surface area contributed by atoms with Crippen LogP contribution in [0.25, 0.3) is 16.9 Å². The fourth-order valence-electron chi connectivity index (χ4n) is 6.60. The van der Waals surface area contributed by atoms with Crippen molar-refractivity contribution in [2.45, 2.75) is 52.6 Å². The lowest BCUT2D eigenvalue weighted by Gasteiger charge is -2.38. The predicted molar refractivity (Wildman–Crippen MR) is 165 cm³/mol. The third-order valence-electron chi connectivity index (χ3n) is 8.52. The highest BCUT2D eigenvalue weighted by Crippen LogP contribution is 2.36. The molecule has 0 radical (unpaired) electrons. The van der Waals surface area contributed by atoms with E-state index in [1.165, 1.54) is 11.1 Å². The lowest BCUT2D eigenvalue weighted by Crippen LogP contribution is -2.44. The van der Waals surface area contributed by atoms with E-state index in [9.17, 15) is 9.59 Å². The van der Waals surface area contributed by atoms with Crippen LogP contribution in [-0.4, -0.2) is 61.9 Å². The standard InChI is InChI=1S/C32H36N8O3/c1-31(2)12-6-7-13-39-29(42)22-15-33-30(34-21-8-9-23-20(14-21)16-37(5)19-32(23,3)4)36-27(22)40(39)25-11-10-24-28(35-25)38(18-31)26(41)17-43-24/h6-11,14-15H,12-13,16-19H2,1-5H3,(H,33,34,36)/b7-6-. The van der Waals surface area contributed by atoms with Crippen molar-refractivity contribution in [3.05, 3.63) is 70.2 Å². The normalized spacial score (nSPS) is 19.9. The Kier molecular flexibility index (Phi) is 6.21. The molecule has 7 rings (SSSR count). The summed E-state index contributed by atoms with van der Waals surface area (Å²) in [5, 5.41) is 3.74. The van der Waals surface area contributed by atoms with Crippen LogP contribution in [0.5, 0.6) is 5.75 Å². The number of carbonyl (C=O) groups excluding carboxylic acids is 1. The monoisotopic (exact) mass is 580 g/mol. The van der Waals surface area contributed by atoms with E-state index < -0.39 is 0 Å². The van der Waals surface area contributed by atoms with E-state index in [4.69, 9.17) is 14.7 Å². The molecule has 2 bridgehead atoms. The van der Waals surface area contributed by atoms with Gasteiger partial charge in [0.05, 0.1) is 6.54 Å². The molecule has 0 saturated carbocycles. The Morgan fingerprint density at radius 2 is 1.84 bits per heavy atom. The van der Waals surface area contributed by atoms with E-state index in [0.717, 1.165) is 25.2 Å². The molecular weight excluding hydrogens is 544 g/mol. The number of hydrogen-bond acceptors (Lipinski definition) is 8. The Morgan fingerprint density at radius 1 is 1.00 bits per heavy atom. The Labute approximate surface area is 249 Å². The number of ether oxygens (including phenoxy) is 1. The number of hydrogen-bond donors (Lipinski definition) is 1. The Bertz CT molecular complexity index is 1870. The average Bonchev–Trinajstić information content (AvgIpc) is 3.21. The largest absolute Gasteiger partial charge is 0.480 e. The van der Waals surface area contributed by atoms with Gasteiger partial charge in [-0.1, -0.05) is 45.9 Å². The molecule has 3 aliphatic heterocycles. The molecule has 3 aromatic heterocycles. The fraction of sp³-hybridized carbons (Fsp3) is 0.406. The molecule has 0 atom stereocenters. The maximum Gasteiger partial charge on any atom is 0.278 e. The number of nitrogens with zero attached hydrogens (tertiary/aromatic N) is 7. The minimum atomic E-state index is -0.217. The summed E-state index contributed by atoms with van der Waals surface area (Å²) < 4.78 is 9.05. The number of benzene rings is 1. The van der Waals surface area contributed by atoms with Crippen LogP contribution in [0.2, 0.25) is 0 Å². The molecule has 0 spiro atoms. The lowest BCUT2D eigenvalue weighted by molar-refractivity contribution is -0.121. The predicted octanol–water partition coefficient (Wildman–Crippen LogP) is 4.16. The second-order valence-corrected chi connectivity index (χ2v) is 13.3. The first-order valence-electron chi connectivity index (χ1n) is 14.7. The number of nitrogens with one attached hydrogen (secondary N) is 1. The summed E-state index contributed by atoms with van der Waals surface area (Å²) in [6.45, 7) is 11.4. The van der Waals surface area contributed by atoms with Gasteiger partial charge in [-0.3, -0.25) is 14.5 Å². The highest BCUT2D eigenvalue weighted by Gasteiger charge is 2.33. The Balaban J connectivity index is 1.34. The van der Waals surface area contributed by atoms with E-state index >= 15 is 0 Å². The molecule has 0 saturated heterocycles. The first-order valence-corrected chi connectivity index (χ1v) is 14.7. The van der Waals surface area contributed by atoms with E-state index in [1.54, 1.807) is 32.6 Å². The molecule has 1 N–H and O–H groups in total. The second-order valence-electron chi connectivity index (χ2n) is 13.3. The van der Waals surface area contributed by atoms with Gasteiger partial charge in [-0.25, -0.2) is 19.3 Å². The molecule has 11 heteroatoms. The van der Waals surface area contributed by atoms with Crippen molar-refractivity contribution in [2.75, 3.05) is 37.0 Å². The third kappa shape index (κ3) is 4.77. The summed E-state index contributed by atoms with van der Waals surface area (Å²) in [7, 11) is 2.14. The van der Waals surface area contributed by atoms with Crippen molar-refractivity contribution >= 4 is 34.4 Å². The van der Waals surface area contributed by atoms with E-state index in [1.807, 2.05) is 6.08 Å². The van der Waals surface area contributed by atoms with E-state index in [0.29, 0.717) is 47.5 Å². The molecule has 0 fully saturated rings. The zero-order chi connectivity index (χ0) is 30.1. The number of amides is 1. The van der Waals surface area contributed by atoms with Gasteiger partial charge in [-0.05, 0) is 54.3 Å². The van der Waals surface area contributed by atoms with Crippen LogP contribution in [0.3, 0.4) is 0 Å². The topological polar surface area (TPSA) is 110 Å². The zero-order valence-corrected chi connectivity index (χ0v) is 25.2. The molecular formula is C32H36N8O3. The van der Waals surface area contributed by atoms with Gasteiger partial charge in [0.15, 0.2) is 29.6 Å². The highest BCUT2D eigenvalue weighted by atomic mass is 16.5. The van der Waals surface area contributed by atoms with Gasteiger partial charge in [0.2, 0.25) is 5.95 Å². The van der Waals surface area contributed by atoms with Gasteiger partial charge in [-0.15, -0.1) is 0 Å². The SMILES string of the molecule is CN1Cc2cc(Nc3ncc4c(=O)n5n(c4n3)-c3ccc4c(n3)N(CC(C)(C)C/C=C\C5)C(=O)CO4)ccc2C(C)(C)C1. The number of rotatable bonds is 2. The molecule has 3 aliphatic rings. The smallest absolute Gasteiger partial charge is 0.278 e. The summed E-state index contributed by atoms with van der Waals surface area (Å²) >= 11 is 0. The number of allylic oxidation sites excluding steroid dienone is 2. The van der Waals surface area contributed by atoms with Crippen LogP contribution in [0.1, 0.15) is 45.2 Å². The maximum absolute atomic E-state index is 13.7. The van der Waals surface area contributed by atoms with Gasteiger partial charge in [-0.2, -0.15) is 4.98 Å². The number of aromatic nitrogens is 5. The number of fused-ring (bicyclic) bond motifs is 6. The summed E-state index contributed by atoms with van der Waals surface area (Å²) in [6.07, 6.45) is 6.34. The van der Waals surface area contributed by atoms with Crippen molar-refractivity contribution in [3.8, 4) is 11.6 Å². The van der Waals surface area contributed by atoms with Gasteiger partial charge >= 0.3 is 0 Å². The Hall–Kier alpha value is -4.51. The average molecular weight is 581 g/mol. The van der Waals surface area contributed by atoms with Gasteiger partial charge in [0.25, 0.3) is 11.5 Å². The first kappa shape index (κ1) is 27.3. The van der Waals surface area contributed by atoms with Crippen molar-refractivity contribution in [2.24, 2.45) is 5.41 Å². The molecule has 222 valence electrons. The summed E-state index contributed by atoms with van der Waals surface area (Å²) in [5.74, 6) is 1.68. The fourth-order valence-corrected chi connectivity index (χ4v) is 6.60. The molecule has 1 amide bonds. The third-order valence-corrected chi connectivity index (χ3v) is 8.52. The number of anilines is 3. The Morgan fingerprint density at radius 3 is 2.67 bits per heavy atom. The van der Waals surface area contributed by atoms with Crippen LogP contribution in [0, 0.1) is 5.41 Å². The van der Waals surface area contributed by atoms with Crippen LogP contribution in [0.15, 0.2) is 53.5 Å². The minimum Gasteiger partial charge on any atom is -0.480 e. The van der Waals surface area contributed by atoms with Gasteiger partial charge < -0.3 is 15.0 Å². The summed E-state index contributed by atoms with van der Waals surface area (Å²) in [5.41, 5.74) is 3.56. The quantitative estimate of drug-likeness (QED) is 0.352.